The Balaban J connectivity index is 0.918. The zero-order valence-corrected chi connectivity index (χ0v) is 33.8. The molecule has 0 bridgehead atoms. The Hall–Kier alpha value is -4.61. The van der Waals surface area contributed by atoms with Crippen molar-refractivity contribution in [3.8, 4) is 17.8 Å². The van der Waals surface area contributed by atoms with E-state index in [0.29, 0.717) is 49.9 Å². The van der Waals surface area contributed by atoms with Crippen LogP contribution in [-0.2, 0) is 48.4 Å². The third-order valence-corrected chi connectivity index (χ3v) is 12.1. The molecule has 57 heavy (non-hydrogen) atoms. The molecule has 13 nitrogen and oxygen atoms in total. The molecule has 0 spiro atoms. The number of ether oxygens (including phenoxy) is 4. The first-order chi connectivity index (χ1) is 28.0. The third-order valence-electron chi connectivity index (χ3n) is 12.1. The summed E-state index contributed by atoms with van der Waals surface area (Å²) in [6.45, 7) is 12.2. The van der Waals surface area contributed by atoms with Gasteiger partial charge in [0.15, 0.2) is 0 Å². The number of nitrogens with one attached hydrogen (secondary N) is 2. The van der Waals surface area contributed by atoms with Gasteiger partial charge in [-0.05, 0) is 114 Å². The van der Waals surface area contributed by atoms with Crippen molar-refractivity contribution in [3.63, 3.8) is 0 Å². The largest absolute Gasteiger partial charge is 0.481 e. The maximum atomic E-state index is 9.21. The second-order valence-corrected chi connectivity index (χ2v) is 15.9. The quantitative estimate of drug-likeness (QED) is 0.106. The Labute approximate surface area is 336 Å². The minimum Gasteiger partial charge on any atom is -0.481 e. The van der Waals surface area contributed by atoms with E-state index in [9.17, 15) is 5.26 Å². The van der Waals surface area contributed by atoms with Crippen LogP contribution in [-0.4, -0.2) is 102 Å². The summed E-state index contributed by atoms with van der Waals surface area (Å²) in [5.74, 6) is 1.13. The molecule has 6 heterocycles. The summed E-state index contributed by atoms with van der Waals surface area (Å²) >= 11 is 0. The Morgan fingerprint density at radius 2 is 1.39 bits per heavy atom. The molecular formula is C44H57N9O4. The van der Waals surface area contributed by atoms with Gasteiger partial charge in [-0.1, -0.05) is 6.58 Å². The molecule has 2 aliphatic heterocycles. The molecule has 2 aliphatic carbocycles. The van der Waals surface area contributed by atoms with E-state index in [1.54, 1.807) is 14.2 Å². The van der Waals surface area contributed by atoms with Crippen molar-refractivity contribution in [2.75, 3.05) is 77.3 Å². The second-order valence-electron chi connectivity index (χ2n) is 15.9. The number of anilines is 2. The number of likely N-dealkylation sites (tertiary alicyclic amines) is 2. The van der Waals surface area contributed by atoms with Crippen molar-refractivity contribution in [2.24, 2.45) is 0 Å². The molecule has 1 atom stereocenters. The number of allylic oxidation sites excluding steroid dienone is 1. The molecule has 302 valence electrons. The highest BCUT2D eigenvalue weighted by atomic mass is 16.5. The van der Waals surface area contributed by atoms with Crippen molar-refractivity contribution >= 4 is 33.4 Å². The molecule has 8 rings (SSSR count). The molecule has 1 unspecified atom stereocenters. The number of nitrogens with zero attached hydrogens (tertiary/aromatic N) is 7. The lowest BCUT2D eigenvalue weighted by Crippen LogP contribution is -2.37. The van der Waals surface area contributed by atoms with Gasteiger partial charge in [0.1, 0.15) is 11.0 Å². The van der Waals surface area contributed by atoms with E-state index in [1.807, 2.05) is 6.07 Å². The van der Waals surface area contributed by atoms with Gasteiger partial charge in [0.2, 0.25) is 11.8 Å². The van der Waals surface area contributed by atoms with Gasteiger partial charge >= 0.3 is 0 Å². The molecule has 0 amide bonds. The van der Waals surface area contributed by atoms with E-state index < -0.39 is 0 Å². The van der Waals surface area contributed by atoms with Gasteiger partial charge in [-0.3, -0.25) is 14.9 Å². The molecule has 4 aromatic rings. The van der Waals surface area contributed by atoms with E-state index >= 15 is 0 Å². The molecule has 4 aromatic heterocycles. The first-order valence-electron chi connectivity index (χ1n) is 21.0. The Morgan fingerprint density at radius 1 is 0.772 bits per heavy atom. The average Bonchev–Trinajstić information content (AvgIpc) is 4.02. The number of aromatic nitrogens is 4. The van der Waals surface area contributed by atoms with Crippen molar-refractivity contribution in [1.29, 1.82) is 5.26 Å². The average molecular weight is 776 g/mol. The van der Waals surface area contributed by atoms with Crippen LogP contribution in [0.25, 0.3) is 22.1 Å². The van der Waals surface area contributed by atoms with Crippen molar-refractivity contribution in [3.05, 3.63) is 58.1 Å². The lowest BCUT2D eigenvalue weighted by molar-refractivity contribution is 0.0886. The highest BCUT2D eigenvalue weighted by Gasteiger charge is 2.27. The van der Waals surface area contributed by atoms with Crippen LogP contribution >= 0.6 is 0 Å². The number of nitriles is 1. The van der Waals surface area contributed by atoms with E-state index in [1.165, 1.54) is 37.2 Å². The first kappa shape index (κ1) is 39.2. The van der Waals surface area contributed by atoms with Crippen LogP contribution in [0.3, 0.4) is 0 Å². The van der Waals surface area contributed by atoms with E-state index in [4.69, 9.17) is 38.9 Å². The SMILES string of the molecule is C=C(CC#N)Nc1c2c(nc3cc(COCCN4CCCC4CNc4c5c(nc6cc(COCCN7CCCC7)c(OC)nc46)CCCC5)c(OC)nc13)CCC2. The zero-order valence-electron chi connectivity index (χ0n) is 33.8. The molecule has 4 aliphatic rings. The fourth-order valence-corrected chi connectivity index (χ4v) is 9.16. The number of methoxy groups -OCH3 is 2. The van der Waals surface area contributed by atoms with Crippen LogP contribution in [0.4, 0.5) is 11.4 Å². The van der Waals surface area contributed by atoms with E-state index in [0.717, 1.165) is 140 Å². The minimum atomic E-state index is 0.223. The lowest BCUT2D eigenvalue weighted by Gasteiger charge is -2.27. The maximum absolute atomic E-state index is 9.21. The molecular weight excluding hydrogens is 719 g/mol. The predicted octanol–water partition coefficient (Wildman–Crippen LogP) is 6.50. The standard InChI is InChI=1S/C44H57N9O4/c1-29(15-16-45)47-40-34-12-8-14-36(34)49-38-25-31(44(55-3)51-42(38)40)28-57-23-21-53-19-9-10-32(53)26-46-39-33-11-4-5-13-35(33)48-37-24-30(43(54-2)50-41(37)39)27-56-22-20-52-17-6-7-18-52/h24-25,32H,1,4-15,17-23,26-28H2,2-3H3,(H,46,48)(H,47,49). The maximum Gasteiger partial charge on any atom is 0.219 e. The Morgan fingerprint density at radius 3 is 2.07 bits per heavy atom. The minimum absolute atomic E-state index is 0.223. The third kappa shape index (κ3) is 8.79. The molecule has 2 N–H and O–H groups in total. The number of hydrogen-bond acceptors (Lipinski definition) is 13. The van der Waals surface area contributed by atoms with Crippen LogP contribution in [0, 0.1) is 11.3 Å². The topological polar surface area (TPSA) is 143 Å². The van der Waals surface area contributed by atoms with Crippen LogP contribution in [0.15, 0.2) is 24.4 Å². The molecule has 0 saturated carbocycles. The summed E-state index contributed by atoms with van der Waals surface area (Å²) in [7, 11) is 3.33. The normalized spacial score (nSPS) is 18.2. The molecule has 0 aromatic carbocycles. The zero-order chi connectivity index (χ0) is 39.1. The van der Waals surface area contributed by atoms with Gasteiger partial charge in [-0.25, -0.2) is 9.97 Å². The van der Waals surface area contributed by atoms with Crippen molar-refractivity contribution in [2.45, 2.75) is 96.3 Å². The smallest absolute Gasteiger partial charge is 0.219 e. The summed E-state index contributed by atoms with van der Waals surface area (Å²) in [6, 6.07) is 6.72. The highest BCUT2D eigenvalue weighted by Crippen LogP contribution is 2.37. The van der Waals surface area contributed by atoms with Crippen LogP contribution < -0.4 is 20.1 Å². The summed E-state index contributed by atoms with van der Waals surface area (Å²) in [6.07, 6.45) is 12.3. The molecule has 2 saturated heterocycles. The summed E-state index contributed by atoms with van der Waals surface area (Å²) in [4.78, 5) is 25.1. The number of pyridine rings is 4. The van der Waals surface area contributed by atoms with Gasteiger partial charge < -0.3 is 34.5 Å². The number of aryl methyl sites for hydroxylation is 2. The number of fused-ring (bicyclic) bond motifs is 4. The Bertz CT molecular complexity index is 2130. The second kappa shape index (κ2) is 18.3. The van der Waals surface area contributed by atoms with E-state index in [2.05, 4.69) is 39.1 Å². The molecule has 13 heteroatoms. The number of hydrogen-bond donors (Lipinski definition) is 2. The van der Waals surface area contributed by atoms with Gasteiger partial charge in [0.25, 0.3) is 0 Å². The molecule has 0 radical (unpaired) electrons. The fourth-order valence-electron chi connectivity index (χ4n) is 9.16. The fraction of sp³-hybridized carbons (Fsp3) is 0.568. The summed E-state index contributed by atoms with van der Waals surface area (Å²) in [5, 5.41) is 16.5. The van der Waals surface area contributed by atoms with Gasteiger partial charge in [0, 0.05) is 53.9 Å². The van der Waals surface area contributed by atoms with Crippen LogP contribution in [0.5, 0.6) is 11.8 Å². The first-order valence-corrected chi connectivity index (χ1v) is 21.0. The van der Waals surface area contributed by atoms with Crippen LogP contribution in [0.1, 0.15) is 85.0 Å². The predicted molar refractivity (Wildman–Crippen MR) is 222 cm³/mol. The Kier molecular flexibility index (Phi) is 12.6. The summed E-state index contributed by atoms with van der Waals surface area (Å²) in [5.41, 5.74) is 12.5. The van der Waals surface area contributed by atoms with Crippen molar-refractivity contribution < 1.29 is 18.9 Å². The van der Waals surface area contributed by atoms with Gasteiger partial charge in [-0.2, -0.15) is 5.26 Å². The molecule has 2 fully saturated rings. The summed E-state index contributed by atoms with van der Waals surface area (Å²) < 4.78 is 24.0. The lowest BCUT2D eigenvalue weighted by atomic mass is 9.93. The number of rotatable bonds is 18. The van der Waals surface area contributed by atoms with E-state index in [-0.39, 0.29) is 6.42 Å². The van der Waals surface area contributed by atoms with Crippen LogP contribution in [0.2, 0.25) is 0 Å². The van der Waals surface area contributed by atoms with Gasteiger partial charge in [0.05, 0.1) is 75.5 Å². The van der Waals surface area contributed by atoms with Gasteiger partial charge in [-0.15, -0.1) is 0 Å². The van der Waals surface area contributed by atoms with Crippen molar-refractivity contribution in [1.82, 2.24) is 29.7 Å². The monoisotopic (exact) mass is 775 g/mol. The highest BCUT2D eigenvalue weighted by molar-refractivity contribution is 5.92.